The SMILES string of the molecule is CCCCn1ccnc1-c1cccc(NC(=O)N2CCCC2CO)c1. The van der Waals surface area contributed by atoms with E-state index in [0.717, 1.165) is 49.3 Å². The fourth-order valence-corrected chi connectivity index (χ4v) is 3.30. The van der Waals surface area contributed by atoms with Crippen molar-refractivity contribution >= 4 is 11.7 Å². The number of imidazole rings is 1. The number of hydrogen-bond donors (Lipinski definition) is 2. The molecular weight excluding hydrogens is 316 g/mol. The van der Waals surface area contributed by atoms with E-state index in [1.165, 1.54) is 0 Å². The Balaban J connectivity index is 1.74. The Labute approximate surface area is 148 Å². The number of unbranched alkanes of at least 4 members (excludes halogenated alkanes) is 1. The second kappa shape index (κ2) is 8.16. The number of urea groups is 1. The van der Waals surface area contributed by atoms with E-state index in [2.05, 4.69) is 21.8 Å². The highest BCUT2D eigenvalue weighted by Gasteiger charge is 2.28. The molecule has 2 aromatic rings. The third-order valence-corrected chi connectivity index (χ3v) is 4.69. The van der Waals surface area contributed by atoms with Crippen molar-refractivity contribution in [2.45, 2.75) is 45.2 Å². The van der Waals surface area contributed by atoms with Gasteiger partial charge in [-0.1, -0.05) is 25.5 Å². The number of rotatable bonds is 6. The van der Waals surface area contributed by atoms with Crippen LogP contribution in [-0.4, -0.2) is 44.8 Å². The van der Waals surface area contributed by atoms with Gasteiger partial charge in [-0.3, -0.25) is 0 Å². The van der Waals surface area contributed by atoms with E-state index >= 15 is 0 Å². The molecule has 25 heavy (non-hydrogen) atoms. The van der Waals surface area contributed by atoms with Gasteiger partial charge < -0.3 is 19.9 Å². The van der Waals surface area contributed by atoms with Gasteiger partial charge in [-0.05, 0) is 31.4 Å². The van der Waals surface area contributed by atoms with Crippen molar-refractivity contribution in [2.24, 2.45) is 0 Å². The van der Waals surface area contributed by atoms with E-state index < -0.39 is 0 Å². The number of anilines is 1. The molecule has 0 aliphatic carbocycles. The van der Waals surface area contributed by atoms with Crippen LogP contribution in [0.5, 0.6) is 0 Å². The summed E-state index contributed by atoms with van der Waals surface area (Å²) in [7, 11) is 0. The lowest BCUT2D eigenvalue weighted by atomic mass is 10.2. The molecular formula is C19H26N4O2. The summed E-state index contributed by atoms with van der Waals surface area (Å²) in [5.74, 6) is 0.916. The lowest BCUT2D eigenvalue weighted by molar-refractivity contribution is 0.166. The molecule has 1 aliphatic heterocycles. The Morgan fingerprint density at radius 3 is 3.12 bits per heavy atom. The van der Waals surface area contributed by atoms with Gasteiger partial charge in [-0.2, -0.15) is 0 Å². The number of aliphatic hydroxyl groups is 1. The van der Waals surface area contributed by atoms with Crippen molar-refractivity contribution in [1.82, 2.24) is 14.5 Å². The van der Waals surface area contributed by atoms with Gasteiger partial charge in [0, 0.05) is 36.7 Å². The van der Waals surface area contributed by atoms with Gasteiger partial charge in [0.25, 0.3) is 0 Å². The molecule has 1 aliphatic rings. The van der Waals surface area contributed by atoms with Crippen molar-refractivity contribution in [3.63, 3.8) is 0 Å². The average Bonchev–Trinajstić information content (AvgIpc) is 3.29. The summed E-state index contributed by atoms with van der Waals surface area (Å²) in [5, 5.41) is 12.3. The number of hydrogen-bond acceptors (Lipinski definition) is 3. The first-order chi connectivity index (χ1) is 12.2. The second-order valence-electron chi connectivity index (χ2n) is 6.48. The van der Waals surface area contributed by atoms with Gasteiger partial charge in [0.2, 0.25) is 0 Å². The van der Waals surface area contributed by atoms with Crippen molar-refractivity contribution < 1.29 is 9.90 Å². The fourth-order valence-electron chi connectivity index (χ4n) is 3.30. The van der Waals surface area contributed by atoms with E-state index in [4.69, 9.17) is 0 Å². The number of carbonyl (C=O) groups is 1. The number of aromatic nitrogens is 2. The highest BCUT2D eigenvalue weighted by atomic mass is 16.3. The van der Waals surface area contributed by atoms with Crippen molar-refractivity contribution in [2.75, 3.05) is 18.5 Å². The minimum absolute atomic E-state index is 0.0162. The highest BCUT2D eigenvalue weighted by molar-refractivity contribution is 5.90. The molecule has 0 bridgehead atoms. The molecule has 1 aromatic carbocycles. The number of amides is 2. The minimum atomic E-state index is -0.150. The molecule has 6 heteroatoms. The van der Waals surface area contributed by atoms with Crippen LogP contribution in [0.25, 0.3) is 11.4 Å². The van der Waals surface area contributed by atoms with Gasteiger partial charge in [0.15, 0.2) is 0 Å². The molecule has 0 radical (unpaired) electrons. The largest absolute Gasteiger partial charge is 0.394 e. The van der Waals surface area contributed by atoms with Crippen LogP contribution in [0.2, 0.25) is 0 Å². The Morgan fingerprint density at radius 1 is 1.44 bits per heavy atom. The van der Waals surface area contributed by atoms with E-state index in [-0.39, 0.29) is 18.7 Å². The smallest absolute Gasteiger partial charge is 0.322 e. The Morgan fingerprint density at radius 2 is 2.32 bits per heavy atom. The van der Waals surface area contributed by atoms with Gasteiger partial charge >= 0.3 is 6.03 Å². The molecule has 6 nitrogen and oxygen atoms in total. The van der Waals surface area contributed by atoms with E-state index in [0.29, 0.717) is 6.54 Å². The molecule has 1 saturated heterocycles. The zero-order chi connectivity index (χ0) is 17.6. The maximum atomic E-state index is 12.5. The molecule has 3 rings (SSSR count). The number of nitrogens with one attached hydrogen (secondary N) is 1. The maximum absolute atomic E-state index is 12.5. The third kappa shape index (κ3) is 4.02. The molecule has 2 amide bonds. The van der Waals surface area contributed by atoms with E-state index in [9.17, 15) is 9.90 Å². The highest BCUT2D eigenvalue weighted by Crippen LogP contribution is 2.23. The lowest BCUT2D eigenvalue weighted by Crippen LogP contribution is -2.40. The predicted molar refractivity (Wildman–Crippen MR) is 98.4 cm³/mol. The fraction of sp³-hybridized carbons (Fsp3) is 0.474. The predicted octanol–water partition coefficient (Wildman–Crippen LogP) is 3.34. The van der Waals surface area contributed by atoms with E-state index in [1.54, 1.807) is 4.90 Å². The molecule has 1 aromatic heterocycles. The maximum Gasteiger partial charge on any atom is 0.322 e. The van der Waals surface area contributed by atoms with Crippen LogP contribution in [0.4, 0.5) is 10.5 Å². The van der Waals surface area contributed by atoms with Crippen molar-refractivity contribution in [1.29, 1.82) is 0 Å². The van der Waals surface area contributed by atoms with E-state index in [1.807, 2.05) is 36.7 Å². The first kappa shape index (κ1) is 17.5. The summed E-state index contributed by atoms with van der Waals surface area (Å²) in [6, 6.07) is 7.54. The molecule has 1 unspecified atom stereocenters. The molecule has 2 heterocycles. The molecule has 0 spiro atoms. The molecule has 2 N–H and O–H groups in total. The topological polar surface area (TPSA) is 70.4 Å². The summed E-state index contributed by atoms with van der Waals surface area (Å²) in [4.78, 5) is 18.7. The monoisotopic (exact) mass is 342 g/mol. The molecule has 0 saturated carbocycles. The van der Waals surface area contributed by atoms with Gasteiger partial charge in [0.05, 0.1) is 12.6 Å². The second-order valence-corrected chi connectivity index (χ2v) is 6.48. The summed E-state index contributed by atoms with van der Waals surface area (Å²) in [5.41, 5.74) is 1.73. The number of aliphatic hydroxyl groups excluding tert-OH is 1. The van der Waals surface area contributed by atoms with Crippen molar-refractivity contribution in [3.05, 3.63) is 36.7 Å². The van der Waals surface area contributed by atoms with Crippen LogP contribution in [0.3, 0.4) is 0 Å². The van der Waals surface area contributed by atoms with Crippen LogP contribution in [0.1, 0.15) is 32.6 Å². The number of benzene rings is 1. The molecule has 1 fully saturated rings. The van der Waals surface area contributed by atoms with Crippen LogP contribution in [-0.2, 0) is 6.54 Å². The standard InChI is InChI=1S/C19H26N4O2/c1-2-3-10-22-12-9-20-18(22)15-6-4-7-16(13-15)21-19(25)23-11-5-8-17(23)14-24/h4,6-7,9,12-13,17,24H,2-3,5,8,10-11,14H2,1H3,(H,21,25). The van der Waals surface area contributed by atoms with Crippen LogP contribution >= 0.6 is 0 Å². The first-order valence-electron chi connectivity index (χ1n) is 9.03. The van der Waals surface area contributed by atoms with Crippen LogP contribution < -0.4 is 5.32 Å². The average molecular weight is 342 g/mol. The Bertz CT molecular complexity index is 713. The quantitative estimate of drug-likeness (QED) is 0.846. The third-order valence-electron chi connectivity index (χ3n) is 4.69. The van der Waals surface area contributed by atoms with Gasteiger partial charge in [0.1, 0.15) is 5.82 Å². The summed E-state index contributed by atoms with van der Waals surface area (Å²) >= 11 is 0. The lowest BCUT2D eigenvalue weighted by Gasteiger charge is -2.23. The molecule has 134 valence electrons. The summed E-state index contributed by atoms with van der Waals surface area (Å²) < 4.78 is 2.15. The minimum Gasteiger partial charge on any atom is -0.394 e. The number of likely N-dealkylation sites (tertiary alicyclic amines) is 1. The summed E-state index contributed by atoms with van der Waals surface area (Å²) in [6.45, 7) is 3.82. The molecule has 1 atom stereocenters. The van der Waals surface area contributed by atoms with Crippen molar-refractivity contribution in [3.8, 4) is 11.4 Å². The Kier molecular flexibility index (Phi) is 5.71. The number of nitrogens with zero attached hydrogens (tertiary/aromatic N) is 3. The van der Waals surface area contributed by atoms with Gasteiger partial charge in [-0.15, -0.1) is 0 Å². The number of carbonyl (C=O) groups excluding carboxylic acids is 1. The number of aryl methyl sites for hydroxylation is 1. The Hall–Kier alpha value is -2.34. The van der Waals surface area contributed by atoms with Gasteiger partial charge in [-0.25, -0.2) is 9.78 Å². The first-order valence-corrected chi connectivity index (χ1v) is 9.03. The van der Waals surface area contributed by atoms with Crippen LogP contribution in [0, 0.1) is 0 Å². The summed E-state index contributed by atoms with van der Waals surface area (Å²) in [6.07, 6.45) is 7.85. The zero-order valence-corrected chi connectivity index (χ0v) is 14.7. The normalized spacial score (nSPS) is 17.0. The van der Waals surface area contributed by atoms with Crippen LogP contribution in [0.15, 0.2) is 36.7 Å². The zero-order valence-electron chi connectivity index (χ0n) is 14.7.